The molecule has 1 N–H and O–H groups in total. The van der Waals surface area contributed by atoms with Crippen LogP contribution in [-0.4, -0.2) is 9.38 Å². The number of nitrogens with zero attached hydrogens (tertiary/aromatic N) is 1. The molecular formula is C18H14N2S. The zero-order valence-corrected chi connectivity index (χ0v) is 12.4. The van der Waals surface area contributed by atoms with Gasteiger partial charge in [-0.3, -0.25) is 4.40 Å². The normalized spacial score (nSPS) is 11.3. The van der Waals surface area contributed by atoms with Crippen LogP contribution in [0.15, 0.2) is 60.7 Å². The SMILES string of the molecule is Cc1ccc(-c2[nH]c(=S)n3c2ccc2ccccc23)cc1. The molecule has 2 nitrogen and oxygen atoms in total. The van der Waals surface area contributed by atoms with Crippen molar-refractivity contribution in [2.45, 2.75) is 6.92 Å². The lowest BCUT2D eigenvalue weighted by Gasteiger charge is -2.04. The van der Waals surface area contributed by atoms with Gasteiger partial charge in [0.15, 0.2) is 4.77 Å². The van der Waals surface area contributed by atoms with Crippen LogP contribution in [0.4, 0.5) is 0 Å². The molecule has 0 saturated heterocycles. The molecule has 0 amide bonds. The van der Waals surface area contributed by atoms with Crippen LogP contribution in [0.2, 0.25) is 0 Å². The van der Waals surface area contributed by atoms with Crippen LogP contribution < -0.4 is 0 Å². The first kappa shape index (κ1) is 12.4. The number of pyridine rings is 1. The first-order valence-electron chi connectivity index (χ1n) is 6.93. The molecule has 0 aliphatic carbocycles. The number of fused-ring (bicyclic) bond motifs is 3. The zero-order chi connectivity index (χ0) is 14.4. The highest BCUT2D eigenvalue weighted by Gasteiger charge is 2.09. The number of hydrogen-bond acceptors (Lipinski definition) is 1. The lowest BCUT2D eigenvalue weighted by atomic mass is 10.1. The Morgan fingerprint density at radius 3 is 2.43 bits per heavy atom. The molecule has 0 saturated carbocycles. The van der Waals surface area contributed by atoms with Crippen LogP contribution in [0.1, 0.15) is 5.56 Å². The van der Waals surface area contributed by atoms with Crippen molar-refractivity contribution in [2.75, 3.05) is 0 Å². The molecule has 0 atom stereocenters. The summed E-state index contributed by atoms with van der Waals surface area (Å²) in [7, 11) is 0. The molecule has 0 spiro atoms. The first-order chi connectivity index (χ1) is 10.2. The summed E-state index contributed by atoms with van der Waals surface area (Å²) in [6, 6.07) is 21.1. The highest BCUT2D eigenvalue weighted by Crippen LogP contribution is 2.27. The monoisotopic (exact) mass is 290 g/mol. The summed E-state index contributed by atoms with van der Waals surface area (Å²) in [6.45, 7) is 2.09. The van der Waals surface area contributed by atoms with E-state index in [4.69, 9.17) is 12.2 Å². The van der Waals surface area contributed by atoms with E-state index in [9.17, 15) is 0 Å². The number of aromatic amines is 1. The molecule has 0 fully saturated rings. The minimum atomic E-state index is 0.734. The number of rotatable bonds is 1. The highest BCUT2D eigenvalue weighted by molar-refractivity contribution is 7.71. The number of para-hydroxylation sites is 1. The molecular weight excluding hydrogens is 276 g/mol. The van der Waals surface area contributed by atoms with Crippen molar-refractivity contribution >= 4 is 28.6 Å². The molecule has 2 heterocycles. The molecule has 21 heavy (non-hydrogen) atoms. The molecule has 0 aliphatic heterocycles. The Kier molecular flexibility index (Phi) is 2.69. The molecule has 0 radical (unpaired) electrons. The van der Waals surface area contributed by atoms with Crippen LogP contribution in [0.3, 0.4) is 0 Å². The second-order valence-corrected chi connectivity index (χ2v) is 5.67. The predicted molar refractivity (Wildman–Crippen MR) is 90.3 cm³/mol. The van der Waals surface area contributed by atoms with Gasteiger partial charge in [-0.2, -0.15) is 0 Å². The zero-order valence-electron chi connectivity index (χ0n) is 11.6. The molecule has 0 bridgehead atoms. The summed E-state index contributed by atoms with van der Waals surface area (Å²) < 4.78 is 2.84. The minimum absolute atomic E-state index is 0.734. The van der Waals surface area contributed by atoms with E-state index in [1.165, 1.54) is 10.9 Å². The third-order valence-electron chi connectivity index (χ3n) is 3.87. The van der Waals surface area contributed by atoms with Crippen molar-refractivity contribution in [1.82, 2.24) is 9.38 Å². The lowest BCUT2D eigenvalue weighted by Crippen LogP contribution is -1.87. The summed E-state index contributed by atoms with van der Waals surface area (Å²) >= 11 is 5.54. The number of aryl methyl sites for hydroxylation is 1. The molecule has 2 aromatic heterocycles. The van der Waals surface area contributed by atoms with E-state index in [1.807, 2.05) is 12.1 Å². The maximum atomic E-state index is 5.54. The molecule has 2 aromatic carbocycles. The summed E-state index contributed by atoms with van der Waals surface area (Å²) in [5.74, 6) is 0. The number of H-pyrrole nitrogens is 1. The van der Waals surface area contributed by atoms with Gasteiger partial charge in [-0.05, 0) is 36.7 Å². The Bertz CT molecular complexity index is 1010. The van der Waals surface area contributed by atoms with Gasteiger partial charge in [0.05, 0.1) is 16.7 Å². The third kappa shape index (κ3) is 1.89. The maximum Gasteiger partial charge on any atom is 0.182 e. The van der Waals surface area contributed by atoms with E-state index < -0.39 is 0 Å². The van der Waals surface area contributed by atoms with Gasteiger partial charge in [-0.1, -0.05) is 54.1 Å². The smallest absolute Gasteiger partial charge is 0.182 e. The summed E-state index contributed by atoms with van der Waals surface area (Å²) in [5.41, 5.74) is 5.73. The summed E-state index contributed by atoms with van der Waals surface area (Å²) in [6.07, 6.45) is 0. The van der Waals surface area contributed by atoms with Crippen LogP contribution >= 0.6 is 12.2 Å². The van der Waals surface area contributed by atoms with Crippen LogP contribution in [-0.2, 0) is 0 Å². The van der Waals surface area contributed by atoms with E-state index in [0.29, 0.717) is 0 Å². The number of imidazole rings is 1. The van der Waals surface area contributed by atoms with Gasteiger partial charge in [-0.25, -0.2) is 0 Å². The quantitative estimate of drug-likeness (QED) is 0.482. The lowest BCUT2D eigenvalue weighted by molar-refractivity contribution is 1.17. The van der Waals surface area contributed by atoms with Crippen molar-refractivity contribution in [3.05, 3.63) is 71.0 Å². The Morgan fingerprint density at radius 1 is 0.857 bits per heavy atom. The van der Waals surface area contributed by atoms with Crippen LogP contribution in [0.5, 0.6) is 0 Å². The number of nitrogens with one attached hydrogen (secondary N) is 1. The van der Waals surface area contributed by atoms with Crippen molar-refractivity contribution in [2.24, 2.45) is 0 Å². The molecule has 4 rings (SSSR count). The van der Waals surface area contributed by atoms with Gasteiger partial charge in [0.25, 0.3) is 0 Å². The number of aromatic nitrogens is 2. The molecule has 0 aliphatic rings. The summed E-state index contributed by atoms with van der Waals surface area (Å²) in [5, 5.41) is 1.19. The summed E-state index contributed by atoms with van der Waals surface area (Å²) in [4.78, 5) is 3.36. The first-order valence-corrected chi connectivity index (χ1v) is 7.34. The highest BCUT2D eigenvalue weighted by atomic mass is 32.1. The molecule has 0 unspecified atom stereocenters. The molecule has 4 aromatic rings. The molecule has 102 valence electrons. The predicted octanol–water partition coefficient (Wildman–Crippen LogP) is 5.13. The van der Waals surface area contributed by atoms with Crippen molar-refractivity contribution in [3.63, 3.8) is 0 Å². The Balaban J connectivity index is 2.10. The van der Waals surface area contributed by atoms with Gasteiger partial charge >= 0.3 is 0 Å². The van der Waals surface area contributed by atoms with Crippen molar-refractivity contribution < 1.29 is 0 Å². The van der Waals surface area contributed by atoms with Gasteiger partial charge in [-0.15, -0.1) is 0 Å². The Morgan fingerprint density at radius 2 is 1.62 bits per heavy atom. The largest absolute Gasteiger partial charge is 0.330 e. The van der Waals surface area contributed by atoms with E-state index >= 15 is 0 Å². The fourth-order valence-corrected chi connectivity index (χ4v) is 3.08. The van der Waals surface area contributed by atoms with Crippen molar-refractivity contribution in [1.29, 1.82) is 0 Å². The number of hydrogen-bond donors (Lipinski definition) is 1. The third-order valence-corrected chi connectivity index (χ3v) is 4.16. The van der Waals surface area contributed by atoms with E-state index in [-0.39, 0.29) is 0 Å². The fourth-order valence-electron chi connectivity index (χ4n) is 2.79. The molecule has 3 heteroatoms. The van der Waals surface area contributed by atoms with E-state index in [0.717, 1.165) is 27.1 Å². The van der Waals surface area contributed by atoms with Gasteiger partial charge < -0.3 is 4.98 Å². The number of benzene rings is 2. The van der Waals surface area contributed by atoms with E-state index in [1.54, 1.807) is 0 Å². The van der Waals surface area contributed by atoms with E-state index in [2.05, 4.69) is 64.8 Å². The fraction of sp³-hybridized carbons (Fsp3) is 0.0556. The van der Waals surface area contributed by atoms with Gasteiger partial charge in [0, 0.05) is 5.56 Å². The standard InChI is InChI=1S/C18H14N2S/c1-12-6-8-14(9-7-12)17-16-11-10-13-4-2-3-5-15(13)20(16)18(21)19-17/h2-11H,1H3,(H,19,21). The van der Waals surface area contributed by atoms with Crippen LogP contribution in [0, 0.1) is 11.7 Å². The Labute approximate surface area is 127 Å². The second-order valence-electron chi connectivity index (χ2n) is 5.28. The van der Waals surface area contributed by atoms with Crippen LogP contribution in [0.25, 0.3) is 27.7 Å². The average molecular weight is 290 g/mol. The topological polar surface area (TPSA) is 20.2 Å². The second kappa shape index (κ2) is 4.57. The van der Waals surface area contributed by atoms with Gasteiger partial charge in [0.2, 0.25) is 0 Å². The van der Waals surface area contributed by atoms with Crippen molar-refractivity contribution in [3.8, 4) is 11.3 Å². The maximum absolute atomic E-state index is 5.54. The Hall–Kier alpha value is -2.39. The minimum Gasteiger partial charge on any atom is -0.330 e. The van der Waals surface area contributed by atoms with Gasteiger partial charge in [0.1, 0.15) is 0 Å². The average Bonchev–Trinajstić information content (AvgIpc) is 2.86.